The third kappa shape index (κ3) is 4.36. The largest absolute Gasteiger partial charge is 0.381 e. The van der Waals surface area contributed by atoms with Gasteiger partial charge >= 0.3 is 0 Å². The molecule has 1 N–H and O–H groups in total. The fourth-order valence-electron chi connectivity index (χ4n) is 2.97. The summed E-state index contributed by atoms with van der Waals surface area (Å²) in [5, 5.41) is 3.58. The van der Waals surface area contributed by atoms with Gasteiger partial charge in [0.15, 0.2) is 5.78 Å². The van der Waals surface area contributed by atoms with E-state index in [0.717, 1.165) is 24.1 Å². The summed E-state index contributed by atoms with van der Waals surface area (Å²) in [5.41, 5.74) is 3.64. The average molecular weight is 329 g/mol. The van der Waals surface area contributed by atoms with Crippen LogP contribution in [0.5, 0.6) is 0 Å². The maximum atomic E-state index is 12.9. The van der Waals surface area contributed by atoms with Crippen LogP contribution in [0.3, 0.4) is 0 Å². The molecule has 3 rings (SSSR count). The highest BCUT2D eigenvalue weighted by Gasteiger charge is 2.15. The monoisotopic (exact) mass is 329 g/mol. The topological polar surface area (TPSA) is 29.1 Å². The van der Waals surface area contributed by atoms with Gasteiger partial charge in [0.05, 0.1) is 0 Å². The Balaban J connectivity index is 1.81. The van der Waals surface area contributed by atoms with Crippen LogP contribution in [0.2, 0.25) is 0 Å². The number of ketones is 1. The third-order valence-corrected chi connectivity index (χ3v) is 4.39. The van der Waals surface area contributed by atoms with E-state index in [4.69, 9.17) is 0 Å². The molecule has 0 heterocycles. The van der Waals surface area contributed by atoms with Crippen molar-refractivity contribution in [1.82, 2.24) is 0 Å². The van der Waals surface area contributed by atoms with Gasteiger partial charge in [-0.3, -0.25) is 4.79 Å². The number of carbonyl (C=O) groups is 1. The van der Waals surface area contributed by atoms with Crippen LogP contribution in [0, 0.1) is 0 Å². The molecular formula is C23H23NO. The fraction of sp³-hybridized carbons (Fsp3) is 0.174. The first-order chi connectivity index (χ1) is 12.3. The molecule has 0 aromatic heterocycles. The molecule has 0 aliphatic heterocycles. The van der Waals surface area contributed by atoms with Gasteiger partial charge in [0.25, 0.3) is 0 Å². The molecule has 0 spiro atoms. The Morgan fingerprint density at radius 3 is 2.12 bits per heavy atom. The molecule has 0 radical (unpaired) electrons. The molecule has 2 heteroatoms. The van der Waals surface area contributed by atoms with Gasteiger partial charge in [-0.25, -0.2) is 0 Å². The number of nitrogens with one attached hydrogen (secondary N) is 1. The zero-order valence-electron chi connectivity index (χ0n) is 14.5. The highest BCUT2D eigenvalue weighted by atomic mass is 16.1. The summed E-state index contributed by atoms with van der Waals surface area (Å²) in [6, 6.07) is 27.9. The Morgan fingerprint density at radius 1 is 0.840 bits per heavy atom. The standard InChI is InChI=1S/C23H23NO/c1-2-20(17-18-11-5-3-6-12-18)24-22-16-10-9-15-21(22)23(25)19-13-7-4-8-14-19/h3-16,20,24H,2,17H2,1H3/t20-/m0/s1. The number of benzene rings is 3. The van der Waals surface area contributed by atoms with Crippen molar-refractivity contribution >= 4 is 11.5 Å². The first-order valence-electron chi connectivity index (χ1n) is 8.77. The predicted octanol–water partition coefficient (Wildman–Crippen LogP) is 5.35. The molecule has 0 aliphatic rings. The molecule has 2 nitrogen and oxygen atoms in total. The second kappa shape index (κ2) is 8.29. The summed E-state index contributed by atoms with van der Waals surface area (Å²) in [7, 11) is 0. The molecule has 0 bridgehead atoms. The van der Waals surface area contributed by atoms with E-state index in [9.17, 15) is 4.79 Å². The number of rotatable bonds is 7. The molecule has 0 fully saturated rings. The van der Waals surface area contributed by atoms with Gasteiger partial charge in [0.1, 0.15) is 0 Å². The first kappa shape index (κ1) is 17.0. The molecule has 3 aromatic carbocycles. The normalized spacial score (nSPS) is 11.7. The van der Waals surface area contributed by atoms with E-state index >= 15 is 0 Å². The van der Waals surface area contributed by atoms with Gasteiger partial charge in [0.2, 0.25) is 0 Å². The van der Waals surface area contributed by atoms with Gasteiger partial charge in [-0.05, 0) is 30.5 Å². The maximum Gasteiger partial charge on any atom is 0.195 e. The van der Waals surface area contributed by atoms with Crippen molar-refractivity contribution in [3.63, 3.8) is 0 Å². The second-order valence-electron chi connectivity index (χ2n) is 6.18. The van der Waals surface area contributed by atoms with Gasteiger partial charge in [-0.1, -0.05) is 79.7 Å². The number of hydrogen-bond acceptors (Lipinski definition) is 2. The van der Waals surface area contributed by atoms with E-state index in [1.807, 2.05) is 60.7 Å². The maximum absolute atomic E-state index is 12.9. The number of hydrogen-bond donors (Lipinski definition) is 1. The van der Waals surface area contributed by atoms with Crippen LogP contribution < -0.4 is 5.32 Å². The van der Waals surface area contributed by atoms with Gasteiger partial charge in [-0.2, -0.15) is 0 Å². The summed E-state index contributed by atoms with van der Waals surface area (Å²) in [6.07, 6.45) is 1.92. The molecule has 0 unspecified atom stereocenters. The molecule has 0 saturated carbocycles. The third-order valence-electron chi connectivity index (χ3n) is 4.39. The van der Waals surface area contributed by atoms with Crippen LogP contribution in [0.1, 0.15) is 34.8 Å². The van der Waals surface area contributed by atoms with Crippen LogP contribution in [-0.2, 0) is 6.42 Å². The Hall–Kier alpha value is -2.87. The molecule has 0 saturated heterocycles. The lowest BCUT2D eigenvalue weighted by Crippen LogP contribution is -2.22. The molecule has 126 valence electrons. The molecule has 3 aromatic rings. The predicted molar refractivity (Wildman–Crippen MR) is 104 cm³/mol. The smallest absolute Gasteiger partial charge is 0.195 e. The Morgan fingerprint density at radius 2 is 1.44 bits per heavy atom. The van der Waals surface area contributed by atoms with E-state index in [2.05, 4.69) is 36.5 Å². The van der Waals surface area contributed by atoms with Gasteiger partial charge in [0, 0.05) is 22.9 Å². The summed E-state index contributed by atoms with van der Waals surface area (Å²) in [4.78, 5) is 12.9. The SMILES string of the molecule is CC[C@@H](Cc1ccccc1)Nc1ccccc1C(=O)c1ccccc1. The number of carbonyl (C=O) groups excluding carboxylic acids is 1. The summed E-state index contributed by atoms with van der Waals surface area (Å²) in [5.74, 6) is 0.0539. The van der Waals surface area contributed by atoms with Crippen LogP contribution in [0.25, 0.3) is 0 Å². The number of para-hydroxylation sites is 1. The van der Waals surface area contributed by atoms with Crippen molar-refractivity contribution in [2.45, 2.75) is 25.8 Å². The lowest BCUT2D eigenvalue weighted by molar-refractivity contribution is 0.103. The van der Waals surface area contributed by atoms with Gasteiger partial charge < -0.3 is 5.32 Å². The number of anilines is 1. The van der Waals surface area contributed by atoms with Crippen molar-refractivity contribution in [2.24, 2.45) is 0 Å². The van der Waals surface area contributed by atoms with E-state index in [1.165, 1.54) is 5.56 Å². The van der Waals surface area contributed by atoms with Crippen molar-refractivity contribution in [3.8, 4) is 0 Å². The van der Waals surface area contributed by atoms with E-state index in [0.29, 0.717) is 5.56 Å². The molecule has 1 atom stereocenters. The van der Waals surface area contributed by atoms with E-state index in [-0.39, 0.29) is 11.8 Å². The van der Waals surface area contributed by atoms with Crippen molar-refractivity contribution in [3.05, 3.63) is 102 Å². The quantitative estimate of drug-likeness (QED) is 0.592. The summed E-state index contributed by atoms with van der Waals surface area (Å²) < 4.78 is 0. The first-order valence-corrected chi connectivity index (χ1v) is 8.77. The van der Waals surface area contributed by atoms with Crippen LogP contribution in [0.15, 0.2) is 84.9 Å². The lowest BCUT2D eigenvalue weighted by atomic mass is 9.99. The zero-order valence-corrected chi connectivity index (χ0v) is 14.5. The summed E-state index contributed by atoms with van der Waals surface area (Å²) in [6.45, 7) is 2.17. The molecule has 0 amide bonds. The van der Waals surface area contributed by atoms with Crippen molar-refractivity contribution in [1.29, 1.82) is 0 Å². The Bertz CT molecular complexity index is 812. The summed E-state index contributed by atoms with van der Waals surface area (Å²) >= 11 is 0. The van der Waals surface area contributed by atoms with Gasteiger partial charge in [-0.15, -0.1) is 0 Å². The molecule has 25 heavy (non-hydrogen) atoms. The Kier molecular flexibility index (Phi) is 5.63. The van der Waals surface area contributed by atoms with Crippen molar-refractivity contribution < 1.29 is 4.79 Å². The minimum absolute atomic E-state index is 0.0539. The van der Waals surface area contributed by atoms with Crippen LogP contribution in [0.4, 0.5) is 5.69 Å². The Labute approximate surface area is 149 Å². The highest BCUT2D eigenvalue weighted by Crippen LogP contribution is 2.21. The van der Waals surface area contributed by atoms with Crippen LogP contribution in [-0.4, -0.2) is 11.8 Å². The van der Waals surface area contributed by atoms with E-state index < -0.39 is 0 Å². The highest BCUT2D eigenvalue weighted by molar-refractivity contribution is 6.12. The average Bonchev–Trinajstić information content (AvgIpc) is 2.69. The van der Waals surface area contributed by atoms with E-state index in [1.54, 1.807) is 0 Å². The van der Waals surface area contributed by atoms with Crippen molar-refractivity contribution in [2.75, 3.05) is 5.32 Å². The minimum Gasteiger partial charge on any atom is -0.381 e. The fourth-order valence-corrected chi connectivity index (χ4v) is 2.97. The lowest BCUT2D eigenvalue weighted by Gasteiger charge is -2.20. The molecule has 0 aliphatic carbocycles. The molecular weight excluding hydrogens is 306 g/mol. The zero-order chi connectivity index (χ0) is 17.5. The second-order valence-corrected chi connectivity index (χ2v) is 6.18. The minimum atomic E-state index is 0.0539. The van der Waals surface area contributed by atoms with Crippen LogP contribution >= 0.6 is 0 Å².